The van der Waals surface area contributed by atoms with Crippen LogP contribution in [0.15, 0.2) is 12.2 Å². The second-order valence-corrected chi connectivity index (χ2v) is 2.92. The maximum Gasteiger partial charge on any atom is 0.234 e. The van der Waals surface area contributed by atoms with E-state index in [1.807, 2.05) is 19.9 Å². The molecule has 1 N–H and O–H groups in total. The van der Waals surface area contributed by atoms with Crippen LogP contribution in [0.2, 0.25) is 0 Å². The zero-order chi connectivity index (χ0) is 9.14. The third-order valence-corrected chi connectivity index (χ3v) is 2.16. The standard InChI is InChI=1S/C9H13NO2/c1-3-5-7-6(4-2)8(11)10-9(7)12/h3,5-7H,4H2,1-2H3,(H,10,11,12)/b5-3-. The van der Waals surface area contributed by atoms with Crippen molar-refractivity contribution in [1.29, 1.82) is 0 Å². The highest BCUT2D eigenvalue weighted by atomic mass is 16.2. The molecule has 2 amide bonds. The predicted molar refractivity (Wildman–Crippen MR) is 45.2 cm³/mol. The Morgan fingerprint density at radius 2 is 2.08 bits per heavy atom. The Labute approximate surface area is 71.8 Å². The molecule has 0 aromatic rings. The number of hydrogen-bond donors (Lipinski definition) is 1. The summed E-state index contributed by atoms with van der Waals surface area (Å²) in [5, 5.41) is 2.32. The summed E-state index contributed by atoms with van der Waals surface area (Å²) >= 11 is 0. The zero-order valence-corrected chi connectivity index (χ0v) is 7.33. The van der Waals surface area contributed by atoms with E-state index in [0.29, 0.717) is 6.42 Å². The van der Waals surface area contributed by atoms with E-state index in [2.05, 4.69) is 5.32 Å². The second kappa shape index (κ2) is 3.52. The molecule has 66 valence electrons. The summed E-state index contributed by atoms with van der Waals surface area (Å²) in [6.45, 7) is 3.77. The van der Waals surface area contributed by atoms with E-state index in [4.69, 9.17) is 0 Å². The lowest BCUT2D eigenvalue weighted by Crippen LogP contribution is -2.22. The third-order valence-electron chi connectivity index (χ3n) is 2.16. The van der Waals surface area contributed by atoms with Crippen LogP contribution in [0.4, 0.5) is 0 Å². The van der Waals surface area contributed by atoms with Crippen LogP contribution in [-0.4, -0.2) is 11.8 Å². The summed E-state index contributed by atoms with van der Waals surface area (Å²) in [7, 11) is 0. The van der Waals surface area contributed by atoms with E-state index in [1.165, 1.54) is 0 Å². The monoisotopic (exact) mass is 167 g/mol. The molecule has 3 heteroatoms. The molecule has 2 atom stereocenters. The first-order valence-corrected chi connectivity index (χ1v) is 4.18. The molecule has 12 heavy (non-hydrogen) atoms. The van der Waals surface area contributed by atoms with E-state index in [1.54, 1.807) is 6.08 Å². The quantitative estimate of drug-likeness (QED) is 0.489. The highest BCUT2D eigenvalue weighted by Crippen LogP contribution is 2.23. The molecule has 0 saturated carbocycles. The Morgan fingerprint density at radius 1 is 1.42 bits per heavy atom. The van der Waals surface area contributed by atoms with Crippen molar-refractivity contribution in [3.05, 3.63) is 12.2 Å². The number of amides is 2. The molecule has 0 aromatic carbocycles. The lowest BCUT2D eigenvalue weighted by molar-refractivity contribution is -0.126. The summed E-state index contributed by atoms with van der Waals surface area (Å²) in [6, 6.07) is 0. The highest BCUT2D eigenvalue weighted by Gasteiger charge is 2.38. The van der Waals surface area contributed by atoms with E-state index in [-0.39, 0.29) is 23.7 Å². The Hall–Kier alpha value is -1.12. The third kappa shape index (κ3) is 1.40. The first-order valence-electron chi connectivity index (χ1n) is 4.18. The fourth-order valence-electron chi connectivity index (χ4n) is 1.51. The number of rotatable bonds is 2. The van der Waals surface area contributed by atoms with Gasteiger partial charge in [-0.05, 0) is 13.3 Å². The highest BCUT2D eigenvalue weighted by molar-refractivity contribution is 6.05. The van der Waals surface area contributed by atoms with Gasteiger partial charge in [-0.1, -0.05) is 19.1 Å². The summed E-state index contributed by atoms with van der Waals surface area (Å²) in [4.78, 5) is 22.3. The number of hydrogen-bond acceptors (Lipinski definition) is 2. The van der Waals surface area contributed by atoms with Gasteiger partial charge in [-0.25, -0.2) is 0 Å². The normalized spacial score (nSPS) is 29.8. The first-order chi connectivity index (χ1) is 5.70. The number of nitrogens with one attached hydrogen (secondary N) is 1. The van der Waals surface area contributed by atoms with Crippen molar-refractivity contribution in [3.63, 3.8) is 0 Å². The van der Waals surface area contributed by atoms with Gasteiger partial charge in [0.1, 0.15) is 0 Å². The van der Waals surface area contributed by atoms with Gasteiger partial charge in [0.2, 0.25) is 11.8 Å². The average molecular weight is 167 g/mol. The molecule has 1 heterocycles. The molecule has 1 saturated heterocycles. The molecular weight excluding hydrogens is 154 g/mol. The molecule has 1 aliphatic rings. The lowest BCUT2D eigenvalue weighted by atomic mass is 9.92. The van der Waals surface area contributed by atoms with E-state index in [9.17, 15) is 9.59 Å². The summed E-state index contributed by atoms with van der Waals surface area (Å²) < 4.78 is 0. The molecule has 1 rings (SSSR count). The van der Waals surface area contributed by atoms with Gasteiger partial charge in [-0.3, -0.25) is 14.9 Å². The smallest absolute Gasteiger partial charge is 0.234 e. The number of allylic oxidation sites excluding steroid dienone is 1. The lowest BCUT2D eigenvalue weighted by Gasteiger charge is -2.07. The maximum absolute atomic E-state index is 11.2. The SMILES string of the molecule is C/C=C\C1C(=O)NC(=O)C1CC. The van der Waals surface area contributed by atoms with Gasteiger partial charge in [0.25, 0.3) is 0 Å². The molecule has 1 fully saturated rings. The molecule has 0 aromatic heterocycles. The molecule has 0 spiro atoms. The van der Waals surface area contributed by atoms with Crippen LogP contribution in [0.5, 0.6) is 0 Å². The Balaban J connectivity index is 2.81. The van der Waals surface area contributed by atoms with Crippen molar-refractivity contribution in [2.75, 3.05) is 0 Å². The minimum Gasteiger partial charge on any atom is -0.296 e. The molecule has 0 aliphatic carbocycles. The zero-order valence-electron chi connectivity index (χ0n) is 7.33. The fourth-order valence-corrected chi connectivity index (χ4v) is 1.51. The summed E-state index contributed by atoms with van der Waals surface area (Å²) in [6.07, 6.45) is 4.31. The molecule has 1 aliphatic heterocycles. The van der Waals surface area contributed by atoms with Crippen LogP contribution in [0.3, 0.4) is 0 Å². The molecule has 3 nitrogen and oxygen atoms in total. The van der Waals surface area contributed by atoms with Gasteiger partial charge in [-0.2, -0.15) is 0 Å². The molecule has 2 unspecified atom stereocenters. The molecular formula is C9H13NO2. The Morgan fingerprint density at radius 3 is 2.58 bits per heavy atom. The first kappa shape index (κ1) is 8.97. The number of carbonyl (C=O) groups is 2. The van der Waals surface area contributed by atoms with Crippen LogP contribution >= 0.6 is 0 Å². The minimum atomic E-state index is -0.243. The topological polar surface area (TPSA) is 46.2 Å². The van der Waals surface area contributed by atoms with Crippen LogP contribution in [0, 0.1) is 11.8 Å². The maximum atomic E-state index is 11.2. The second-order valence-electron chi connectivity index (χ2n) is 2.92. The van der Waals surface area contributed by atoms with Crippen molar-refractivity contribution in [2.24, 2.45) is 11.8 Å². The minimum absolute atomic E-state index is 0.134. The predicted octanol–water partition coefficient (Wildman–Crippen LogP) is 0.861. The van der Waals surface area contributed by atoms with Crippen LogP contribution in [-0.2, 0) is 9.59 Å². The van der Waals surface area contributed by atoms with Crippen molar-refractivity contribution >= 4 is 11.8 Å². The van der Waals surface area contributed by atoms with Gasteiger partial charge in [-0.15, -0.1) is 0 Å². The Kier molecular flexibility index (Phi) is 2.63. The van der Waals surface area contributed by atoms with Gasteiger partial charge >= 0.3 is 0 Å². The van der Waals surface area contributed by atoms with Crippen molar-refractivity contribution in [2.45, 2.75) is 20.3 Å². The summed E-state index contributed by atoms with van der Waals surface area (Å²) in [5.74, 6) is -0.697. The van der Waals surface area contributed by atoms with Crippen molar-refractivity contribution < 1.29 is 9.59 Å². The van der Waals surface area contributed by atoms with Gasteiger partial charge in [0, 0.05) is 0 Å². The van der Waals surface area contributed by atoms with Crippen LogP contribution < -0.4 is 5.32 Å². The van der Waals surface area contributed by atoms with Crippen LogP contribution in [0.1, 0.15) is 20.3 Å². The van der Waals surface area contributed by atoms with Crippen molar-refractivity contribution in [1.82, 2.24) is 5.32 Å². The van der Waals surface area contributed by atoms with Crippen LogP contribution in [0.25, 0.3) is 0 Å². The summed E-state index contributed by atoms with van der Waals surface area (Å²) in [5.41, 5.74) is 0. The average Bonchev–Trinajstić information content (AvgIpc) is 2.28. The largest absolute Gasteiger partial charge is 0.296 e. The number of carbonyl (C=O) groups excluding carboxylic acids is 2. The number of imide groups is 1. The molecule has 0 radical (unpaired) electrons. The van der Waals surface area contributed by atoms with Gasteiger partial charge in [0.15, 0.2) is 0 Å². The van der Waals surface area contributed by atoms with Crippen molar-refractivity contribution in [3.8, 4) is 0 Å². The van der Waals surface area contributed by atoms with E-state index in [0.717, 1.165) is 0 Å². The Bertz CT molecular complexity index is 233. The van der Waals surface area contributed by atoms with Gasteiger partial charge in [0.05, 0.1) is 11.8 Å². The molecule has 0 bridgehead atoms. The van der Waals surface area contributed by atoms with Gasteiger partial charge < -0.3 is 0 Å². The van der Waals surface area contributed by atoms with E-state index >= 15 is 0 Å². The fraction of sp³-hybridized carbons (Fsp3) is 0.556. The van der Waals surface area contributed by atoms with E-state index < -0.39 is 0 Å².